The lowest BCUT2D eigenvalue weighted by atomic mass is 10.1. The molecule has 2 heterocycles. The summed E-state index contributed by atoms with van der Waals surface area (Å²) in [5.41, 5.74) is 2.87. The fourth-order valence-corrected chi connectivity index (χ4v) is 4.32. The number of hydrogen-bond acceptors (Lipinski definition) is 3. The van der Waals surface area contributed by atoms with Crippen molar-refractivity contribution in [3.8, 4) is 11.3 Å². The molecule has 142 valence electrons. The molecule has 0 aliphatic rings. The highest BCUT2D eigenvalue weighted by atomic mass is 35.5. The predicted molar refractivity (Wildman–Crippen MR) is 116 cm³/mol. The van der Waals surface area contributed by atoms with Gasteiger partial charge >= 0.3 is 0 Å². The second kappa shape index (κ2) is 8.78. The van der Waals surface area contributed by atoms with Crippen molar-refractivity contribution in [3.05, 3.63) is 87.5 Å². The summed E-state index contributed by atoms with van der Waals surface area (Å²) in [6, 6.07) is 15.5. The molecule has 4 rings (SSSR count). The van der Waals surface area contributed by atoms with Gasteiger partial charge in [0.2, 0.25) is 0 Å². The zero-order chi connectivity index (χ0) is 19.3. The molecule has 0 unspecified atom stereocenters. The second-order valence-corrected chi connectivity index (χ2v) is 7.96. The lowest BCUT2D eigenvalue weighted by molar-refractivity contribution is 0.559. The van der Waals surface area contributed by atoms with Gasteiger partial charge in [-0.1, -0.05) is 41.4 Å². The minimum Gasteiger partial charge on any atom is -0.337 e. The number of rotatable bonds is 6. The molecular weight excluding hydrogens is 411 g/mol. The number of halogens is 2. The van der Waals surface area contributed by atoms with Crippen molar-refractivity contribution >= 4 is 40.2 Å². The summed E-state index contributed by atoms with van der Waals surface area (Å²) in [6.45, 7) is 1.70. The molecule has 0 radical (unpaired) electrons. The third-order valence-electron chi connectivity index (χ3n) is 4.34. The van der Waals surface area contributed by atoms with Gasteiger partial charge in [-0.25, -0.2) is 9.98 Å². The Hall–Kier alpha value is -2.34. The van der Waals surface area contributed by atoms with Crippen molar-refractivity contribution in [3.63, 3.8) is 0 Å². The van der Waals surface area contributed by atoms with Crippen LogP contribution in [0, 0.1) is 0 Å². The number of thiazole rings is 1. The van der Waals surface area contributed by atoms with Gasteiger partial charge in [-0.2, -0.15) is 0 Å². The molecule has 0 fully saturated rings. The fraction of sp³-hybridized carbons (Fsp3) is 0.143. The number of benzene rings is 2. The van der Waals surface area contributed by atoms with E-state index in [1.54, 1.807) is 23.6 Å². The van der Waals surface area contributed by atoms with E-state index < -0.39 is 0 Å². The molecule has 4 aromatic rings. The van der Waals surface area contributed by atoms with Gasteiger partial charge in [0.25, 0.3) is 0 Å². The molecule has 2 aromatic heterocycles. The van der Waals surface area contributed by atoms with Crippen LogP contribution in [0.5, 0.6) is 0 Å². The maximum absolute atomic E-state index is 6.48. The number of nitrogens with zero attached hydrogens (tertiary/aromatic N) is 4. The Balaban J connectivity index is 1.73. The molecule has 4 nitrogen and oxygen atoms in total. The molecule has 0 saturated heterocycles. The van der Waals surface area contributed by atoms with Crippen LogP contribution in [0.15, 0.2) is 77.6 Å². The first-order valence-corrected chi connectivity index (χ1v) is 10.5. The van der Waals surface area contributed by atoms with E-state index in [2.05, 4.69) is 19.5 Å². The van der Waals surface area contributed by atoms with Crippen LogP contribution in [0.4, 0.5) is 5.69 Å². The van der Waals surface area contributed by atoms with Gasteiger partial charge in [0.1, 0.15) is 0 Å². The number of imidazole rings is 1. The van der Waals surface area contributed by atoms with Crippen molar-refractivity contribution in [1.82, 2.24) is 14.1 Å². The number of para-hydroxylation sites is 1. The zero-order valence-electron chi connectivity index (χ0n) is 15.0. The van der Waals surface area contributed by atoms with E-state index in [-0.39, 0.29) is 0 Å². The largest absolute Gasteiger partial charge is 0.337 e. The summed E-state index contributed by atoms with van der Waals surface area (Å²) in [5, 5.41) is 3.44. The highest BCUT2D eigenvalue weighted by Gasteiger charge is 2.12. The van der Waals surface area contributed by atoms with Crippen LogP contribution in [0.2, 0.25) is 10.0 Å². The Labute approximate surface area is 177 Å². The Kier molecular flexibility index (Phi) is 5.95. The van der Waals surface area contributed by atoms with E-state index in [1.807, 2.05) is 55.0 Å². The van der Waals surface area contributed by atoms with Crippen molar-refractivity contribution in [2.24, 2.45) is 4.99 Å². The summed E-state index contributed by atoms with van der Waals surface area (Å²) >= 11 is 14.3. The maximum atomic E-state index is 6.48. The van der Waals surface area contributed by atoms with Crippen LogP contribution >= 0.6 is 34.5 Å². The third kappa shape index (κ3) is 4.38. The average Bonchev–Trinajstić information content (AvgIpc) is 3.35. The van der Waals surface area contributed by atoms with Gasteiger partial charge < -0.3 is 9.13 Å². The van der Waals surface area contributed by atoms with Gasteiger partial charge in [-0.3, -0.25) is 0 Å². The minimum absolute atomic E-state index is 0.664. The summed E-state index contributed by atoms with van der Waals surface area (Å²) in [4.78, 5) is 9.88. The Morgan fingerprint density at radius 1 is 1.04 bits per heavy atom. The van der Waals surface area contributed by atoms with Crippen LogP contribution in [0.25, 0.3) is 11.3 Å². The van der Waals surface area contributed by atoms with Gasteiger partial charge in [-0.15, -0.1) is 11.3 Å². The van der Waals surface area contributed by atoms with Crippen molar-refractivity contribution < 1.29 is 0 Å². The SMILES string of the molecule is Clc1ccc(Cl)c(-c2csc(=Nc3ccccc3)n2CCCn2ccnc2)c1. The predicted octanol–water partition coefficient (Wildman–Crippen LogP) is 6.04. The fourth-order valence-electron chi connectivity index (χ4n) is 2.99. The first kappa shape index (κ1) is 19.0. The molecule has 0 aliphatic heterocycles. The Bertz CT molecular complexity index is 1120. The minimum atomic E-state index is 0.664. The van der Waals surface area contributed by atoms with Crippen LogP contribution in [-0.2, 0) is 13.1 Å². The molecule has 2 aromatic carbocycles. The smallest absolute Gasteiger partial charge is 0.190 e. The molecule has 7 heteroatoms. The molecule has 0 spiro atoms. The number of aromatic nitrogens is 3. The molecule has 0 amide bonds. The van der Waals surface area contributed by atoms with Crippen molar-refractivity contribution in [1.29, 1.82) is 0 Å². The van der Waals surface area contributed by atoms with E-state index in [4.69, 9.17) is 28.2 Å². The lowest BCUT2D eigenvalue weighted by Gasteiger charge is -2.11. The molecule has 0 atom stereocenters. The molecular formula is C21H18Cl2N4S. The van der Waals surface area contributed by atoms with E-state index in [9.17, 15) is 0 Å². The van der Waals surface area contributed by atoms with Crippen LogP contribution in [0.1, 0.15) is 6.42 Å². The van der Waals surface area contributed by atoms with E-state index >= 15 is 0 Å². The summed E-state index contributed by atoms with van der Waals surface area (Å²) < 4.78 is 4.29. The highest BCUT2D eigenvalue weighted by Crippen LogP contribution is 2.31. The van der Waals surface area contributed by atoms with Crippen LogP contribution in [0.3, 0.4) is 0 Å². The van der Waals surface area contributed by atoms with Crippen LogP contribution in [-0.4, -0.2) is 14.1 Å². The van der Waals surface area contributed by atoms with Gasteiger partial charge in [0.05, 0.1) is 22.7 Å². The number of aryl methyl sites for hydroxylation is 1. The zero-order valence-corrected chi connectivity index (χ0v) is 17.3. The topological polar surface area (TPSA) is 35.1 Å². The third-order valence-corrected chi connectivity index (χ3v) is 5.77. The van der Waals surface area contributed by atoms with E-state index in [0.717, 1.165) is 41.3 Å². The molecule has 0 saturated carbocycles. The Morgan fingerprint density at radius 2 is 1.89 bits per heavy atom. The maximum Gasteiger partial charge on any atom is 0.190 e. The van der Waals surface area contributed by atoms with Gasteiger partial charge in [0, 0.05) is 41.4 Å². The molecule has 0 N–H and O–H groups in total. The van der Waals surface area contributed by atoms with Crippen molar-refractivity contribution in [2.75, 3.05) is 0 Å². The second-order valence-electron chi connectivity index (χ2n) is 6.28. The average molecular weight is 429 g/mol. The molecule has 0 bridgehead atoms. The lowest BCUT2D eigenvalue weighted by Crippen LogP contribution is -2.17. The summed E-state index contributed by atoms with van der Waals surface area (Å²) in [7, 11) is 0. The van der Waals surface area contributed by atoms with Crippen molar-refractivity contribution in [2.45, 2.75) is 19.5 Å². The Morgan fingerprint density at radius 3 is 2.68 bits per heavy atom. The van der Waals surface area contributed by atoms with E-state index in [0.29, 0.717) is 10.0 Å². The summed E-state index contributed by atoms with van der Waals surface area (Å²) in [6.07, 6.45) is 6.55. The normalized spacial score (nSPS) is 11.9. The highest BCUT2D eigenvalue weighted by molar-refractivity contribution is 7.07. The number of hydrogen-bond donors (Lipinski definition) is 0. The van der Waals surface area contributed by atoms with Gasteiger partial charge in [0.15, 0.2) is 4.80 Å². The quantitative estimate of drug-likeness (QED) is 0.368. The standard InChI is InChI=1S/C21H18Cl2N4S/c22-16-7-8-19(23)18(13-16)20-14-28-21(25-17-5-2-1-3-6-17)27(20)11-4-10-26-12-9-24-15-26/h1-3,5-9,12-15H,4,10-11H2. The first-order chi connectivity index (χ1) is 13.7. The van der Waals surface area contributed by atoms with Gasteiger partial charge in [-0.05, 0) is 36.8 Å². The van der Waals surface area contributed by atoms with E-state index in [1.165, 1.54) is 0 Å². The first-order valence-electron chi connectivity index (χ1n) is 8.90. The summed E-state index contributed by atoms with van der Waals surface area (Å²) in [5.74, 6) is 0. The monoisotopic (exact) mass is 428 g/mol. The molecule has 0 aliphatic carbocycles. The van der Waals surface area contributed by atoms with Crippen LogP contribution < -0.4 is 4.80 Å². The molecule has 28 heavy (non-hydrogen) atoms.